The van der Waals surface area contributed by atoms with Gasteiger partial charge in [0, 0.05) is 16.3 Å². The zero-order valence-corrected chi connectivity index (χ0v) is 12.4. The highest BCUT2D eigenvalue weighted by molar-refractivity contribution is 7.89. The molecule has 5 nitrogen and oxygen atoms in total. The molecule has 0 unspecified atom stereocenters. The highest BCUT2D eigenvalue weighted by atomic mass is 32.2. The van der Waals surface area contributed by atoms with E-state index in [1.807, 2.05) is 14.0 Å². The Bertz CT molecular complexity index is 630. The third-order valence-electron chi connectivity index (χ3n) is 2.58. The first-order valence-corrected chi connectivity index (χ1v) is 8.09. The van der Waals surface area contributed by atoms with Crippen LogP contribution in [0.25, 0.3) is 0 Å². The molecule has 0 aliphatic carbocycles. The van der Waals surface area contributed by atoms with Gasteiger partial charge in [-0.3, -0.25) is 0 Å². The quantitative estimate of drug-likeness (QED) is 0.854. The van der Waals surface area contributed by atoms with Crippen LogP contribution in [0, 0.1) is 6.92 Å². The van der Waals surface area contributed by atoms with Gasteiger partial charge >= 0.3 is 0 Å². The van der Waals surface area contributed by atoms with Crippen molar-refractivity contribution in [1.29, 1.82) is 0 Å². The predicted octanol–water partition coefficient (Wildman–Crippen LogP) is 1.85. The van der Waals surface area contributed by atoms with Crippen molar-refractivity contribution in [3.8, 4) is 0 Å². The van der Waals surface area contributed by atoms with E-state index in [2.05, 4.69) is 10.0 Å². The first kappa shape index (κ1) is 14.3. The molecule has 104 valence electrons. The van der Waals surface area contributed by atoms with E-state index in [9.17, 15) is 8.42 Å². The second kappa shape index (κ2) is 5.87. The molecule has 0 radical (unpaired) electrons. The van der Waals surface area contributed by atoms with E-state index in [0.717, 1.165) is 9.75 Å². The number of hydrogen-bond donors (Lipinski definition) is 2. The molecule has 0 aliphatic rings. The average Bonchev–Trinajstić information content (AvgIpc) is 2.97. The largest absolute Gasteiger partial charge is 0.468 e. The van der Waals surface area contributed by atoms with Crippen LogP contribution in [0.1, 0.15) is 15.5 Å². The smallest absolute Gasteiger partial charge is 0.242 e. The second-order valence-electron chi connectivity index (χ2n) is 4.07. The van der Waals surface area contributed by atoms with E-state index in [1.165, 1.54) is 17.6 Å². The van der Waals surface area contributed by atoms with E-state index in [4.69, 9.17) is 4.42 Å². The standard InChI is InChI=1S/C12H16N2O3S2/c1-9-12(6-11(18-9)8-13-2)19(15,16)14-7-10-4-3-5-17-10/h3-6,13-14H,7-8H2,1-2H3. The first-order chi connectivity index (χ1) is 9.03. The summed E-state index contributed by atoms with van der Waals surface area (Å²) in [6.45, 7) is 2.64. The number of rotatable bonds is 6. The summed E-state index contributed by atoms with van der Waals surface area (Å²) in [6, 6.07) is 5.17. The summed E-state index contributed by atoms with van der Waals surface area (Å²) in [5.41, 5.74) is 0. The zero-order valence-electron chi connectivity index (χ0n) is 10.8. The normalized spacial score (nSPS) is 11.9. The third-order valence-corrected chi connectivity index (χ3v) is 5.29. The Balaban J connectivity index is 2.14. The topological polar surface area (TPSA) is 71.3 Å². The zero-order chi connectivity index (χ0) is 13.9. The van der Waals surface area contributed by atoms with Gasteiger partial charge in [-0.1, -0.05) is 0 Å². The molecule has 2 heterocycles. The molecule has 0 aliphatic heterocycles. The maximum absolute atomic E-state index is 12.2. The number of thiophene rings is 1. The fraction of sp³-hybridized carbons (Fsp3) is 0.333. The van der Waals surface area contributed by atoms with Crippen molar-refractivity contribution < 1.29 is 12.8 Å². The van der Waals surface area contributed by atoms with Crippen LogP contribution < -0.4 is 10.0 Å². The van der Waals surface area contributed by atoms with Crippen LogP contribution in [0.5, 0.6) is 0 Å². The van der Waals surface area contributed by atoms with Crippen LogP contribution >= 0.6 is 11.3 Å². The lowest BCUT2D eigenvalue weighted by Crippen LogP contribution is -2.23. The van der Waals surface area contributed by atoms with E-state index >= 15 is 0 Å². The molecule has 19 heavy (non-hydrogen) atoms. The Kier molecular flexibility index (Phi) is 4.41. The Labute approximate surface area is 116 Å². The van der Waals surface area contributed by atoms with Crippen LogP contribution in [-0.2, 0) is 23.1 Å². The lowest BCUT2D eigenvalue weighted by atomic mass is 10.4. The van der Waals surface area contributed by atoms with Gasteiger partial charge in [0.25, 0.3) is 0 Å². The summed E-state index contributed by atoms with van der Waals surface area (Å²) >= 11 is 1.48. The van der Waals surface area contributed by atoms with E-state index in [-0.39, 0.29) is 6.54 Å². The minimum Gasteiger partial charge on any atom is -0.468 e. The Hall–Kier alpha value is -1.15. The molecule has 7 heteroatoms. The maximum atomic E-state index is 12.2. The van der Waals surface area contributed by atoms with Crippen LogP contribution in [0.3, 0.4) is 0 Å². The van der Waals surface area contributed by atoms with Gasteiger partial charge in [-0.2, -0.15) is 0 Å². The van der Waals surface area contributed by atoms with E-state index < -0.39 is 10.0 Å². The van der Waals surface area contributed by atoms with Gasteiger partial charge in [-0.05, 0) is 32.2 Å². The summed E-state index contributed by atoms with van der Waals surface area (Å²) in [7, 11) is -1.66. The summed E-state index contributed by atoms with van der Waals surface area (Å²) < 4.78 is 32.0. The average molecular weight is 300 g/mol. The number of furan rings is 1. The Morgan fingerprint density at radius 3 is 2.79 bits per heavy atom. The van der Waals surface area contributed by atoms with Crippen LogP contribution in [-0.4, -0.2) is 15.5 Å². The minimum atomic E-state index is -3.49. The second-order valence-corrected chi connectivity index (χ2v) is 7.14. The fourth-order valence-electron chi connectivity index (χ4n) is 1.71. The molecular formula is C12H16N2O3S2. The molecule has 2 aromatic rings. The lowest BCUT2D eigenvalue weighted by Gasteiger charge is -2.04. The highest BCUT2D eigenvalue weighted by Crippen LogP contribution is 2.25. The summed E-state index contributed by atoms with van der Waals surface area (Å²) in [5, 5.41) is 3.01. The number of aryl methyl sites for hydroxylation is 1. The molecule has 0 atom stereocenters. The van der Waals surface area contributed by atoms with Gasteiger partial charge in [-0.15, -0.1) is 11.3 Å². The monoisotopic (exact) mass is 300 g/mol. The fourth-order valence-corrected chi connectivity index (χ4v) is 4.35. The Morgan fingerprint density at radius 2 is 2.16 bits per heavy atom. The molecule has 0 saturated carbocycles. The van der Waals surface area contributed by atoms with Crippen molar-refractivity contribution in [2.24, 2.45) is 0 Å². The first-order valence-electron chi connectivity index (χ1n) is 5.79. The molecule has 0 fully saturated rings. The van der Waals surface area contributed by atoms with Gasteiger partial charge in [0.2, 0.25) is 10.0 Å². The van der Waals surface area contributed by atoms with E-state index in [0.29, 0.717) is 17.2 Å². The molecule has 0 bridgehead atoms. The summed E-state index contributed by atoms with van der Waals surface area (Å²) in [5.74, 6) is 0.590. The van der Waals surface area contributed by atoms with Crippen molar-refractivity contribution >= 4 is 21.4 Å². The van der Waals surface area contributed by atoms with Gasteiger partial charge < -0.3 is 9.73 Å². The predicted molar refractivity (Wildman–Crippen MR) is 74.6 cm³/mol. The molecule has 2 aromatic heterocycles. The van der Waals surface area contributed by atoms with Crippen LogP contribution in [0.15, 0.2) is 33.8 Å². The van der Waals surface area contributed by atoms with Gasteiger partial charge in [0.15, 0.2) is 0 Å². The lowest BCUT2D eigenvalue weighted by molar-refractivity contribution is 0.498. The molecule has 0 amide bonds. The third kappa shape index (κ3) is 3.44. The highest BCUT2D eigenvalue weighted by Gasteiger charge is 2.19. The molecule has 0 aromatic carbocycles. The van der Waals surface area contributed by atoms with Crippen molar-refractivity contribution in [3.05, 3.63) is 40.0 Å². The van der Waals surface area contributed by atoms with Crippen LogP contribution in [0.2, 0.25) is 0 Å². The van der Waals surface area contributed by atoms with Crippen molar-refractivity contribution in [2.45, 2.75) is 24.9 Å². The SMILES string of the molecule is CNCc1cc(S(=O)(=O)NCc2ccco2)c(C)s1. The van der Waals surface area contributed by atoms with Gasteiger partial charge in [-0.25, -0.2) is 13.1 Å². The van der Waals surface area contributed by atoms with Crippen LogP contribution in [0.4, 0.5) is 0 Å². The van der Waals surface area contributed by atoms with Crippen molar-refractivity contribution in [3.63, 3.8) is 0 Å². The number of hydrogen-bond acceptors (Lipinski definition) is 5. The summed E-state index contributed by atoms with van der Waals surface area (Å²) in [6.07, 6.45) is 1.52. The minimum absolute atomic E-state index is 0.159. The van der Waals surface area contributed by atoms with Gasteiger partial charge in [0.1, 0.15) is 5.76 Å². The molecule has 2 rings (SSSR count). The summed E-state index contributed by atoms with van der Waals surface area (Å²) in [4.78, 5) is 2.13. The van der Waals surface area contributed by atoms with E-state index in [1.54, 1.807) is 18.2 Å². The molecule has 0 spiro atoms. The molecule has 0 saturated heterocycles. The van der Waals surface area contributed by atoms with Gasteiger partial charge in [0.05, 0.1) is 17.7 Å². The maximum Gasteiger partial charge on any atom is 0.242 e. The van der Waals surface area contributed by atoms with Crippen molar-refractivity contribution in [1.82, 2.24) is 10.0 Å². The molecule has 2 N–H and O–H groups in total. The number of nitrogens with one attached hydrogen (secondary N) is 2. The van der Waals surface area contributed by atoms with Crippen molar-refractivity contribution in [2.75, 3.05) is 7.05 Å². The Morgan fingerprint density at radius 1 is 1.37 bits per heavy atom. The number of sulfonamides is 1. The molecular weight excluding hydrogens is 284 g/mol.